The predicted molar refractivity (Wildman–Crippen MR) is 128 cm³/mol. The van der Waals surface area contributed by atoms with E-state index in [0.29, 0.717) is 0 Å². The van der Waals surface area contributed by atoms with Crippen LogP contribution in [-0.2, 0) is 6.54 Å². The van der Waals surface area contributed by atoms with Gasteiger partial charge in [-0.1, -0.05) is 134 Å². The zero-order valence-electron chi connectivity index (χ0n) is 19.4. The van der Waals surface area contributed by atoms with Crippen LogP contribution in [0.1, 0.15) is 115 Å². The number of hydrogen-bond donors (Lipinski definition) is 1. The Bertz CT molecular complexity index is 433. The van der Waals surface area contributed by atoms with Crippen LogP contribution in [-0.4, -0.2) is 29.7 Å². The van der Waals surface area contributed by atoms with Crippen LogP contribution in [0.5, 0.6) is 0 Å². The number of nitrogens with zero attached hydrogens (tertiary/aromatic N) is 1. The first kappa shape index (κ1) is 26.2. The fraction of sp³-hybridized carbons (Fsp3) is 0.778. The maximum atomic E-state index is 9.31. The molecule has 0 saturated carbocycles. The van der Waals surface area contributed by atoms with Crippen LogP contribution in [0.2, 0.25) is 0 Å². The summed E-state index contributed by atoms with van der Waals surface area (Å²) < 4.78 is 0. The van der Waals surface area contributed by atoms with E-state index >= 15 is 0 Å². The Morgan fingerprint density at radius 2 is 1.03 bits per heavy atom. The van der Waals surface area contributed by atoms with E-state index in [1.165, 1.54) is 108 Å². The van der Waals surface area contributed by atoms with Crippen molar-refractivity contribution in [1.29, 1.82) is 0 Å². The van der Waals surface area contributed by atoms with Gasteiger partial charge in [-0.2, -0.15) is 0 Å². The van der Waals surface area contributed by atoms with Crippen molar-refractivity contribution in [3.8, 4) is 0 Å². The third-order valence-corrected chi connectivity index (χ3v) is 5.99. The molecule has 0 saturated heterocycles. The molecule has 168 valence electrons. The van der Waals surface area contributed by atoms with Crippen LogP contribution in [0, 0.1) is 0 Å². The minimum Gasteiger partial charge on any atom is -0.395 e. The van der Waals surface area contributed by atoms with Crippen molar-refractivity contribution < 1.29 is 5.11 Å². The lowest BCUT2D eigenvalue weighted by molar-refractivity contribution is 0.187. The van der Waals surface area contributed by atoms with Crippen LogP contribution in [0.25, 0.3) is 0 Å². The summed E-state index contributed by atoms with van der Waals surface area (Å²) in [6.07, 6.45) is 22.6. The van der Waals surface area contributed by atoms with Gasteiger partial charge in [-0.25, -0.2) is 0 Å². The second-order valence-electron chi connectivity index (χ2n) is 8.79. The van der Waals surface area contributed by atoms with Gasteiger partial charge in [0.2, 0.25) is 0 Å². The van der Waals surface area contributed by atoms with Crippen LogP contribution >= 0.6 is 0 Å². The number of aliphatic hydroxyl groups excluding tert-OH is 1. The zero-order valence-corrected chi connectivity index (χ0v) is 19.4. The molecule has 0 spiro atoms. The second kappa shape index (κ2) is 20.4. The topological polar surface area (TPSA) is 23.5 Å². The van der Waals surface area contributed by atoms with Gasteiger partial charge in [0.15, 0.2) is 0 Å². The van der Waals surface area contributed by atoms with E-state index in [4.69, 9.17) is 0 Å². The van der Waals surface area contributed by atoms with Crippen molar-refractivity contribution in [3.63, 3.8) is 0 Å². The molecule has 0 aliphatic heterocycles. The molecule has 0 aromatic heterocycles. The lowest BCUT2D eigenvalue weighted by atomic mass is 10.0. The van der Waals surface area contributed by atoms with Gasteiger partial charge in [0, 0.05) is 13.1 Å². The predicted octanol–water partition coefficient (Wildman–Crippen LogP) is 7.74. The molecule has 0 amide bonds. The fourth-order valence-electron chi connectivity index (χ4n) is 4.14. The Kier molecular flexibility index (Phi) is 18.4. The maximum Gasteiger partial charge on any atom is 0.0558 e. The molecule has 0 heterocycles. The van der Waals surface area contributed by atoms with Gasteiger partial charge in [0.05, 0.1) is 6.61 Å². The van der Waals surface area contributed by atoms with Gasteiger partial charge in [0.1, 0.15) is 0 Å². The molecule has 1 aromatic rings. The number of rotatable bonds is 21. The molecular formula is C27H49NO. The van der Waals surface area contributed by atoms with Crippen molar-refractivity contribution in [1.82, 2.24) is 4.90 Å². The Hall–Kier alpha value is -0.860. The molecule has 0 fully saturated rings. The third kappa shape index (κ3) is 16.6. The molecule has 1 aromatic carbocycles. The quantitative estimate of drug-likeness (QED) is 0.212. The first-order valence-corrected chi connectivity index (χ1v) is 12.7. The lowest BCUT2D eigenvalue weighted by Gasteiger charge is -2.21. The first-order chi connectivity index (χ1) is 14.4. The summed E-state index contributed by atoms with van der Waals surface area (Å²) in [5, 5.41) is 9.31. The van der Waals surface area contributed by atoms with Gasteiger partial charge in [-0.3, -0.25) is 4.90 Å². The summed E-state index contributed by atoms with van der Waals surface area (Å²) in [5.74, 6) is 0. The molecule has 0 unspecified atom stereocenters. The Labute approximate surface area is 182 Å². The average molecular weight is 404 g/mol. The summed E-state index contributed by atoms with van der Waals surface area (Å²) in [6.45, 7) is 5.40. The smallest absolute Gasteiger partial charge is 0.0558 e. The molecule has 1 N–H and O–H groups in total. The SMILES string of the molecule is CCCCCCCCCCCCCCCCCCN(CCO)Cc1ccccc1. The molecule has 0 aliphatic carbocycles. The van der Waals surface area contributed by atoms with Crippen LogP contribution in [0.4, 0.5) is 0 Å². The molecule has 0 atom stereocenters. The maximum absolute atomic E-state index is 9.31. The average Bonchev–Trinajstić information content (AvgIpc) is 2.74. The van der Waals surface area contributed by atoms with Crippen molar-refractivity contribution in [2.24, 2.45) is 0 Å². The van der Waals surface area contributed by atoms with Crippen molar-refractivity contribution in [2.75, 3.05) is 19.7 Å². The van der Waals surface area contributed by atoms with Gasteiger partial charge in [0.25, 0.3) is 0 Å². The van der Waals surface area contributed by atoms with E-state index in [-0.39, 0.29) is 6.61 Å². The molecule has 0 bridgehead atoms. The number of unbranched alkanes of at least 4 members (excludes halogenated alkanes) is 15. The molecular weight excluding hydrogens is 354 g/mol. The van der Waals surface area contributed by atoms with Crippen molar-refractivity contribution in [2.45, 2.75) is 116 Å². The minimum absolute atomic E-state index is 0.256. The van der Waals surface area contributed by atoms with E-state index in [9.17, 15) is 5.11 Å². The van der Waals surface area contributed by atoms with Crippen LogP contribution in [0.3, 0.4) is 0 Å². The number of aliphatic hydroxyl groups is 1. The van der Waals surface area contributed by atoms with E-state index in [1.54, 1.807) is 0 Å². The highest BCUT2D eigenvalue weighted by Gasteiger charge is 2.05. The molecule has 1 rings (SSSR count). The minimum atomic E-state index is 0.256. The highest BCUT2D eigenvalue weighted by atomic mass is 16.3. The molecule has 2 heteroatoms. The van der Waals surface area contributed by atoms with Crippen LogP contribution in [0.15, 0.2) is 30.3 Å². The summed E-state index contributed by atoms with van der Waals surface area (Å²) >= 11 is 0. The highest BCUT2D eigenvalue weighted by molar-refractivity contribution is 5.14. The monoisotopic (exact) mass is 403 g/mol. The Morgan fingerprint density at radius 1 is 0.586 bits per heavy atom. The number of hydrogen-bond acceptors (Lipinski definition) is 2. The third-order valence-electron chi connectivity index (χ3n) is 5.99. The molecule has 0 radical (unpaired) electrons. The first-order valence-electron chi connectivity index (χ1n) is 12.7. The van der Waals surface area contributed by atoms with Gasteiger partial charge >= 0.3 is 0 Å². The lowest BCUT2D eigenvalue weighted by Crippen LogP contribution is -2.27. The van der Waals surface area contributed by atoms with Crippen molar-refractivity contribution in [3.05, 3.63) is 35.9 Å². The van der Waals surface area contributed by atoms with E-state index in [0.717, 1.165) is 19.6 Å². The molecule has 2 nitrogen and oxygen atoms in total. The normalized spacial score (nSPS) is 11.4. The molecule has 29 heavy (non-hydrogen) atoms. The van der Waals surface area contributed by atoms with Gasteiger partial charge < -0.3 is 5.11 Å². The summed E-state index contributed by atoms with van der Waals surface area (Å²) in [6, 6.07) is 10.6. The summed E-state index contributed by atoms with van der Waals surface area (Å²) in [4.78, 5) is 2.39. The number of benzene rings is 1. The zero-order chi connectivity index (χ0) is 20.8. The van der Waals surface area contributed by atoms with Gasteiger partial charge in [-0.15, -0.1) is 0 Å². The van der Waals surface area contributed by atoms with Gasteiger partial charge in [-0.05, 0) is 18.5 Å². The van der Waals surface area contributed by atoms with Crippen molar-refractivity contribution >= 4 is 0 Å². The van der Waals surface area contributed by atoms with E-state index in [2.05, 4.69) is 42.2 Å². The van der Waals surface area contributed by atoms with E-state index in [1.807, 2.05) is 0 Å². The Morgan fingerprint density at radius 3 is 1.48 bits per heavy atom. The largest absolute Gasteiger partial charge is 0.395 e. The van der Waals surface area contributed by atoms with E-state index < -0.39 is 0 Å². The standard InChI is InChI=1S/C27H49NO/c1-2-3-4-5-6-7-8-9-10-11-12-13-14-15-16-20-23-28(24-25-29)26-27-21-18-17-19-22-27/h17-19,21-22,29H,2-16,20,23-26H2,1H3. The highest BCUT2D eigenvalue weighted by Crippen LogP contribution is 2.14. The summed E-state index contributed by atoms with van der Waals surface area (Å²) in [7, 11) is 0. The fourth-order valence-corrected chi connectivity index (χ4v) is 4.14. The Balaban J connectivity index is 1.86. The second-order valence-corrected chi connectivity index (χ2v) is 8.79. The molecule has 0 aliphatic rings. The summed E-state index contributed by atoms with van der Waals surface area (Å²) in [5.41, 5.74) is 1.34. The van der Waals surface area contributed by atoms with Crippen LogP contribution < -0.4 is 0 Å².